The molecule has 1 aromatic rings. The lowest BCUT2D eigenvalue weighted by atomic mass is 9.69. The first-order valence-corrected chi connectivity index (χ1v) is 15.8. The van der Waals surface area contributed by atoms with Crippen LogP contribution in [0.25, 0.3) is 0 Å². The molecule has 19 nitrogen and oxygen atoms in total. The Balaban J connectivity index is 1.83. The van der Waals surface area contributed by atoms with Gasteiger partial charge in [0.25, 0.3) is 0 Å². The molecule has 0 N–H and O–H groups in total. The summed E-state index contributed by atoms with van der Waals surface area (Å²) in [5, 5.41) is 0. The number of hydrogen-bond acceptors (Lipinski definition) is 19. The van der Waals surface area contributed by atoms with E-state index in [1.54, 1.807) is 6.07 Å². The van der Waals surface area contributed by atoms with Crippen molar-refractivity contribution >= 4 is 60.0 Å². The van der Waals surface area contributed by atoms with Crippen molar-refractivity contribution < 1.29 is 85.8 Å². The Labute approximate surface area is 294 Å². The summed E-state index contributed by atoms with van der Waals surface area (Å²) < 4.78 is 51.0. The van der Waals surface area contributed by atoms with Crippen LogP contribution >= 0.6 is 12.2 Å². The Hall–Kier alpha value is -4.95. The molecular formula is C31H35NO18S. The molecule has 0 amide bonds. The van der Waals surface area contributed by atoms with E-state index in [0.717, 1.165) is 46.3 Å². The summed E-state index contributed by atoms with van der Waals surface area (Å²) in [5.41, 5.74) is 0. The highest BCUT2D eigenvalue weighted by Crippen LogP contribution is 2.45. The molecule has 3 saturated heterocycles. The molecule has 0 spiro atoms. The lowest BCUT2D eigenvalue weighted by Gasteiger charge is -2.53. The lowest BCUT2D eigenvalue weighted by Crippen LogP contribution is -2.72. The first-order valence-electron chi connectivity index (χ1n) is 15.4. The fourth-order valence-corrected chi connectivity index (χ4v) is 6.20. The predicted molar refractivity (Wildman–Crippen MR) is 162 cm³/mol. The molecule has 2 bridgehead atoms. The van der Waals surface area contributed by atoms with Gasteiger partial charge in [0.2, 0.25) is 0 Å². The minimum absolute atomic E-state index is 0.0570. The van der Waals surface area contributed by atoms with Gasteiger partial charge in [0, 0.05) is 47.7 Å². The Morgan fingerprint density at radius 2 is 1.25 bits per heavy atom. The molecule has 5 rings (SSSR count). The third-order valence-corrected chi connectivity index (χ3v) is 8.00. The van der Waals surface area contributed by atoms with Gasteiger partial charge in [-0.05, 0) is 12.1 Å². The van der Waals surface area contributed by atoms with E-state index >= 15 is 0 Å². The van der Waals surface area contributed by atoms with E-state index in [2.05, 4.69) is 0 Å². The van der Waals surface area contributed by atoms with Crippen molar-refractivity contribution in [3.05, 3.63) is 29.0 Å². The molecule has 4 aliphatic rings. The van der Waals surface area contributed by atoms with Crippen LogP contribution in [0, 0.1) is 16.5 Å². The fourth-order valence-electron chi connectivity index (χ4n) is 6.02. The van der Waals surface area contributed by atoms with Crippen molar-refractivity contribution in [2.75, 3.05) is 6.61 Å². The average Bonchev–Trinajstić information content (AvgIpc) is 3.00. The van der Waals surface area contributed by atoms with Gasteiger partial charge in [0.1, 0.15) is 35.3 Å². The van der Waals surface area contributed by atoms with Gasteiger partial charge in [0.05, 0.1) is 0 Å². The number of fused-ring (bicyclic) bond motifs is 3. The summed E-state index contributed by atoms with van der Waals surface area (Å²) in [4.78, 5) is 106. The molecule has 1 aromatic heterocycles. The number of carbonyl (C=O) groups excluding carboxylic acids is 8. The zero-order valence-corrected chi connectivity index (χ0v) is 28.9. The SMILES string of the molecule is CC(=O)OC[C@H]1O[C@@H](O[C@H]2[C@H](OC(C)=O)[C@H]3OC(=O)[C@@H]2[C@H](C(=O)On2ccccc2=S)[C@H]3OC(C)=O)[C@H](OC(C)=O)[C@@H](OC(C)=O)[C@@H]1OC(C)=O. The van der Waals surface area contributed by atoms with Gasteiger partial charge in [-0.15, -0.1) is 0 Å². The van der Waals surface area contributed by atoms with Gasteiger partial charge in [-0.2, -0.15) is 4.73 Å². The quantitative estimate of drug-likeness (QED) is 0.160. The number of esters is 7. The lowest BCUT2D eigenvalue weighted by molar-refractivity contribution is -0.342. The molecule has 20 heteroatoms. The topological polar surface area (TPSA) is 234 Å². The number of hydrogen-bond donors (Lipinski definition) is 0. The van der Waals surface area contributed by atoms with E-state index in [4.69, 9.17) is 59.7 Å². The predicted octanol–water partition coefficient (Wildman–Crippen LogP) is -0.324. The third kappa shape index (κ3) is 9.24. The smallest absolute Gasteiger partial charge is 0.340 e. The fraction of sp³-hybridized carbons (Fsp3) is 0.581. The van der Waals surface area contributed by atoms with Crippen molar-refractivity contribution in [2.45, 2.75) is 96.7 Å². The highest BCUT2D eigenvalue weighted by atomic mass is 32.1. The maximum absolute atomic E-state index is 13.8. The number of carbonyl (C=O) groups is 8. The van der Waals surface area contributed by atoms with E-state index in [1.807, 2.05) is 0 Å². The highest BCUT2D eigenvalue weighted by Gasteiger charge is 2.68. The summed E-state index contributed by atoms with van der Waals surface area (Å²) in [6.45, 7) is 5.58. The molecule has 3 aliphatic heterocycles. The maximum atomic E-state index is 13.8. The van der Waals surface area contributed by atoms with Crippen LogP contribution in [0.15, 0.2) is 24.4 Å². The summed E-state index contributed by atoms with van der Waals surface area (Å²) in [7, 11) is 0. The minimum atomic E-state index is -1.87. The van der Waals surface area contributed by atoms with Crippen LogP contribution in [0.5, 0.6) is 0 Å². The zero-order valence-electron chi connectivity index (χ0n) is 28.1. The van der Waals surface area contributed by atoms with Gasteiger partial charge in [-0.1, -0.05) is 18.3 Å². The van der Waals surface area contributed by atoms with E-state index in [1.165, 1.54) is 18.3 Å². The summed E-state index contributed by atoms with van der Waals surface area (Å²) in [6.07, 6.45) is -13.5. The van der Waals surface area contributed by atoms with Crippen molar-refractivity contribution in [1.82, 2.24) is 4.73 Å². The molecule has 11 atom stereocenters. The molecule has 0 aromatic carbocycles. The Bertz CT molecular complexity index is 1620. The normalized spacial score (nSPS) is 30.9. The van der Waals surface area contributed by atoms with E-state index < -0.39 is 121 Å². The van der Waals surface area contributed by atoms with E-state index in [-0.39, 0.29) is 4.64 Å². The average molecular weight is 742 g/mol. The Morgan fingerprint density at radius 3 is 1.82 bits per heavy atom. The summed E-state index contributed by atoms with van der Waals surface area (Å²) >= 11 is 5.20. The van der Waals surface area contributed by atoms with Crippen molar-refractivity contribution in [1.29, 1.82) is 0 Å². The van der Waals surface area contributed by atoms with Crippen LogP contribution < -0.4 is 4.84 Å². The van der Waals surface area contributed by atoms with Crippen LogP contribution in [0.3, 0.4) is 0 Å². The molecule has 1 saturated carbocycles. The van der Waals surface area contributed by atoms with Crippen LogP contribution in [0.1, 0.15) is 41.5 Å². The Kier molecular flexibility index (Phi) is 12.5. The van der Waals surface area contributed by atoms with Gasteiger partial charge >= 0.3 is 47.8 Å². The van der Waals surface area contributed by atoms with Crippen LogP contribution in [-0.2, 0) is 81.0 Å². The van der Waals surface area contributed by atoms with Gasteiger partial charge in [-0.3, -0.25) is 33.6 Å². The summed E-state index contributed by atoms with van der Waals surface area (Å²) in [5.74, 6) is -11.0. The number of ether oxygens (including phenoxy) is 9. The second-order valence-electron chi connectivity index (χ2n) is 11.5. The third-order valence-electron chi connectivity index (χ3n) is 7.68. The standard InChI is InChI=1S/C31H35NO18S/c1-12(33)41-11-18-22(42-13(2)34)25(44-15(4)36)28(46-17(6)38)31(47-18)49-24-20-21(30(40)50-32-10-8-7-9-19(32)51)23(43-14(3)35)27(48-29(20)39)26(24)45-16(5)37/h7-10,18,20-28,31H,11H2,1-6H3/t18-,20-,21+,22-,23-,24-,25+,26+,27+,28-,31+/m1/s1. The molecule has 4 heterocycles. The van der Waals surface area contributed by atoms with E-state index in [9.17, 15) is 38.4 Å². The zero-order chi connectivity index (χ0) is 37.7. The number of pyridine rings is 1. The first-order chi connectivity index (χ1) is 24.0. The largest absolute Gasteiger partial charge is 0.463 e. The molecule has 51 heavy (non-hydrogen) atoms. The first kappa shape index (κ1) is 38.8. The Morgan fingerprint density at radius 1 is 0.706 bits per heavy atom. The van der Waals surface area contributed by atoms with Gasteiger partial charge in [0.15, 0.2) is 42.9 Å². The molecule has 0 radical (unpaired) electrons. The molecule has 0 unspecified atom stereocenters. The van der Waals surface area contributed by atoms with E-state index in [0.29, 0.717) is 0 Å². The highest BCUT2D eigenvalue weighted by molar-refractivity contribution is 7.71. The van der Waals surface area contributed by atoms with Crippen LogP contribution in [-0.4, -0.2) is 114 Å². The number of rotatable bonds is 11. The number of nitrogens with zero attached hydrogens (tertiary/aromatic N) is 1. The van der Waals surface area contributed by atoms with Crippen molar-refractivity contribution in [3.63, 3.8) is 0 Å². The minimum Gasteiger partial charge on any atom is -0.463 e. The van der Waals surface area contributed by atoms with Crippen LogP contribution in [0.4, 0.5) is 0 Å². The molecule has 278 valence electrons. The molecule has 1 aliphatic carbocycles. The second-order valence-corrected chi connectivity index (χ2v) is 12.0. The molecule has 4 fully saturated rings. The van der Waals surface area contributed by atoms with Gasteiger partial charge < -0.3 is 47.5 Å². The van der Waals surface area contributed by atoms with Crippen molar-refractivity contribution in [3.8, 4) is 0 Å². The second kappa shape index (κ2) is 16.4. The van der Waals surface area contributed by atoms with Crippen molar-refractivity contribution in [2.24, 2.45) is 11.8 Å². The maximum Gasteiger partial charge on any atom is 0.340 e. The number of aromatic nitrogens is 1. The van der Waals surface area contributed by atoms with Crippen LogP contribution in [0.2, 0.25) is 0 Å². The monoisotopic (exact) mass is 741 g/mol. The van der Waals surface area contributed by atoms with Gasteiger partial charge in [-0.25, -0.2) is 4.79 Å². The summed E-state index contributed by atoms with van der Waals surface area (Å²) in [6, 6.07) is 4.52. The molecular weight excluding hydrogens is 706 g/mol.